The van der Waals surface area contributed by atoms with Crippen LogP contribution in [0, 0.1) is 23.2 Å². The summed E-state index contributed by atoms with van der Waals surface area (Å²) in [5.41, 5.74) is -3.83. The van der Waals surface area contributed by atoms with Crippen molar-refractivity contribution in [1.29, 1.82) is 0 Å². The molecule has 4 amide bonds. The number of alkyl halides is 4. The van der Waals surface area contributed by atoms with Crippen LogP contribution in [0.5, 0.6) is 11.6 Å². The maximum Gasteiger partial charge on any atom is 0.408 e. The number of halogens is 4. The van der Waals surface area contributed by atoms with Crippen LogP contribution in [0.25, 0.3) is 11.0 Å². The average Bonchev–Trinajstić information content (AvgIpc) is 4.19. The molecule has 8 atom stereocenters. The molecule has 2 aliphatic heterocycles. The van der Waals surface area contributed by atoms with Crippen LogP contribution in [0.3, 0.4) is 0 Å². The Kier molecular flexibility index (Phi) is 14.8. The summed E-state index contributed by atoms with van der Waals surface area (Å²) in [5, 5.41) is 13.3. The molecule has 2 bridgehead atoms. The molecule has 0 radical (unpaired) electrons. The van der Waals surface area contributed by atoms with Crippen LogP contribution >= 0.6 is 0 Å². The van der Waals surface area contributed by atoms with Gasteiger partial charge in [-0.15, -0.1) is 0 Å². The number of likely N-dealkylation sites (N-methyl/N-ethyl adjacent to an activating group) is 1. The summed E-state index contributed by atoms with van der Waals surface area (Å²) in [5.74, 6) is -9.85. The lowest BCUT2D eigenvalue weighted by Crippen LogP contribution is -2.61. The summed E-state index contributed by atoms with van der Waals surface area (Å²) in [6.07, 6.45) is -4.91. The van der Waals surface area contributed by atoms with Crippen LogP contribution in [0.15, 0.2) is 18.2 Å². The number of fused-ring (bicyclic) bond motifs is 5. The predicted octanol–water partition coefficient (Wildman–Crippen LogP) is 4.50. The molecular formula is C44H63F4N7O10S. The lowest BCUT2D eigenvalue weighted by Gasteiger charge is -2.36. The summed E-state index contributed by atoms with van der Waals surface area (Å²) < 4.78 is 105. The standard InChI is InChI=1S/C40H52F4N6O9S.C4H11NO/c1-7-22-27-19-50(28(22)32(51)48-39(18-23(39)31(41)42)35(53)49-60(55,56)38(5)14-15-38)34(52)30(37(2,3)4)47-36(54)59-26-16-20(26)10-8-9-13-40(43,44)29-33(58-27)46-25-17-21(57-6)11-12-24(25)45-29;1-5(2)3-4-6/h11-12,17,20,22-23,26-28,30-31H,7-10,13-16,18-19H2,1-6H3,(H,47,54)(H,48,51)(H,49,53);6H,3-4H2,1-2H3/t20-,22-,23+,26-,27+,28+,30-,39-;/m1./s1. The van der Waals surface area contributed by atoms with Crippen LogP contribution in [0.2, 0.25) is 0 Å². The molecule has 1 aromatic carbocycles. The second-order valence-electron chi connectivity index (χ2n) is 19.7. The van der Waals surface area contributed by atoms with Gasteiger partial charge < -0.3 is 39.8 Å². The van der Waals surface area contributed by atoms with Gasteiger partial charge in [0.25, 0.3) is 11.8 Å². The highest BCUT2D eigenvalue weighted by molar-refractivity contribution is 7.91. The first-order chi connectivity index (χ1) is 30.8. The quantitative estimate of drug-likeness (QED) is 0.242. The second-order valence-corrected chi connectivity index (χ2v) is 21.9. The molecule has 4 fully saturated rings. The van der Waals surface area contributed by atoms with Crippen LogP contribution < -0.4 is 24.8 Å². The zero-order chi connectivity index (χ0) is 48.7. The number of hydrogen-bond acceptors (Lipinski definition) is 13. The Balaban J connectivity index is 0.00000112. The first kappa shape index (κ1) is 50.8. The Hall–Kier alpha value is -4.57. The van der Waals surface area contributed by atoms with Gasteiger partial charge in [0.1, 0.15) is 35.6 Å². The number of ether oxygens (including phenoxy) is 3. The third-order valence-electron chi connectivity index (χ3n) is 13.3. The van der Waals surface area contributed by atoms with Gasteiger partial charge in [0, 0.05) is 24.9 Å². The van der Waals surface area contributed by atoms with Gasteiger partial charge in [-0.25, -0.2) is 32.0 Å². The molecule has 0 spiro atoms. The molecule has 5 aliphatic rings. The van der Waals surface area contributed by atoms with Crippen molar-refractivity contribution in [2.24, 2.45) is 23.2 Å². The Morgan fingerprint density at radius 3 is 2.33 bits per heavy atom. The number of alkyl carbamates (subject to hydrolysis) is 1. The monoisotopic (exact) mass is 957 g/mol. The summed E-state index contributed by atoms with van der Waals surface area (Å²) in [6.45, 7) is 8.65. The Bertz CT molecular complexity index is 2260. The highest BCUT2D eigenvalue weighted by atomic mass is 32.2. The number of rotatable bonds is 10. The van der Waals surface area contributed by atoms with E-state index in [0.717, 1.165) is 11.4 Å². The van der Waals surface area contributed by atoms with Crippen molar-refractivity contribution < 1.29 is 64.5 Å². The Morgan fingerprint density at radius 2 is 1.77 bits per heavy atom. The van der Waals surface area contributed by atoms with Crippen LogP contribution in [-0.2, 0) is 35.1 Å². The van der Waals surface area contributed by atoms with Gasteiger partial charge in [-0.3, -0.25) is 19.1 Å². The molecule has 0 unspecified atom stereocenters. The van der Waals surface area contributed by atoms with Crippen molar-refractivity contribution in [3.8, 4) is 11.6 Å². The van der Waals surface area contributed by atoms with Crippen molar-refractivity contribution in [1.82, 2.24) is 35.1 Å². The molecular weight excluding hydrogens is 895 g/mol. The van der Waals surface area contributed by atoms with Gasteiger partial charge in [0.15, 0.2) is 5.69 Å². The molecule has 368 valence electrons. The number of carbonyl (C=O) groups excluding carboxylic acids is 4. The summed E-state index contributed by atoms with van der Waals surface area (Å²) >= 11 is 0. The van der Waals surface area contributed by atoms with E-state index in [1.165, 1.54) is 26.2 Å². The number of aliphatic hydroxyl groups excluding tert-OH is 1. The van der Waals surface area contributed by atoms with Crippen LogP contribution in [0.1, 0.15) is 98.1 Å². The molecule has 1 saturated heterocycles. The minimum atomic E-state index is -4.31. The summed E-state index contributed by atoms with van der Waals surface area (Å²) in [4.78, 5) is 68.3. The molecule has 22 heteroatoms. The van der Waals surface area contributed by atoms with E-state index in [1.807, 2.05) is 23.7 Å². The fourth-order valence-corrected chi connectivity index (χ4v) is 9.94. The largest absolute Gasteiger partial charge is 0.497 e. The first-order valence-corrected chi connectivity index (χ1v) is 23.9. The zero-order valence-electron chi connectivity index (χ0n) is 38.7. The zero-order valence-corrected chi connectivity index (χ0v) is 39.5. The van der Waals surface area contributed by atoms with Crippen molar-refractivity contribution in [3.63, 3.8) is 0 Å². The highest BCUT2D eigenvalue weighted by Crippen LogP contribution is 2.50. The van der Waals surface area contributed by atoms with Crippen molar-refractivity contribution >= 4 is 44.9 Å². The molecule has 1 aromatic heterocycles. The van der Waals surface area contributed by atoms with E-state index < -0.39 is 129 Å². The molecule has 3 aliphatic carbocycles. The number of nitrogens with one attached hydrogen (secondary N) is 3. The van der Waals surface area contributed by atoms with Crippen molar-refractivity contribution in [2.75, 3.05) is 40.9 Å². The van der Waals surface area contributed by atoms with E-state index in [2.05, 4.69) is 20.6 Å². The Morgan fingerprint density at radius 1 is 1.08 bits per heavy atom. The smallest absolute Gasteiger partial charge is 0.408 e. The van der Waals surface area contributed by atoms with Crippen LogP contribution in [-0.4, -0.2) is 139 Å². The number of benzene rings is 1. The molecule has 66 heavy (non-hydrogen) atoms. The highest BCUT2D eigenvalue weighted by Gasteiger charge is 2.68. The van der Waals surface area contributed by atoms with Crippen LogP contribution in [0.4, 0.5) is 22.4 Å². The third kappa shape index (κ3) is 10.9. The fraction of sp³-hybridized carbons (Fsp3) is 0.727. The number of sulfonamides is 1. The number of aliphatic hydroxyl groups is 1. The number of carbonyl (C=O) groups is 4. The third-order valence-corrected chi connectivity index (χ3v) is 15.5. The minimum Gasteiger partial charge on any atom is -0.497 e. The van der Waals surface area contributed by atoms with E-state index in [9.17, 15) is 36.4 Å². The van der Waals surface area contributed by atoms with Crippen molar-refractivity contribution in [2.45, 2.75) is 139 Å². The maximum atomic E-state index is 16.3. The molecule has 17 nitrogen and oxygen atoms in total. The van der Waals surface area contributed by atoms with E-state index in [-0.39, 0.29) is 49.2 Å². The van der Waals surface area contributed by atoms with Gasteiger partial charge in [-0.2, -0.15) is 8.78 Å². The summed E-state index contributed by atoms with van der Waals surface area (Å²) in [7, 11) is 0.959. The van der Waals surface area contributed by atoms with E-state index in [4.69, 9.17) is 19.3 Å². The van der Waals surface area contributed by atoms with Gasteiger partial charge >= 0.3 is 6.09 Å². The average molecular weight is 958 g/mol. The SMILES string of the molecule is CC[C@@H]1[C@@H]2CN(C(=O)[C@H](C(C)(C)C)NC(=O)O[C@@H]3C[C@H]3CCCCC(F)(F)c3nc4ccc(OC)cc4nc3O2)[C@@H]1C(=O)N[C@]1(C(=O)NS(=O)(=O)C2(C)CC2)C[C@H]1C(F)F.CN(C)CCO. The van der Waals surface area contributed by atoms with E-state index in [0.29, 0.717) is 25.0 Å². The number of amides is 4. The van der Waals surface area contributed by atoms with E-state index >= 15 is 8.78 Å². The molecule has 7 rings (SSSR count). The molecule has 3 saturated carbocycles. The number of hydrogen-bond donors (Lipinski definition) is 4. The van der Waals surface area contributed by atoms with E-state index in [1.54, 1.807) is 33.8 Å². The number of methoxy groups -OCH3 is 1. The lowest BCUT2D eigenvalue weighted by molar-refractivity contribution is -0.144. The summed E-state index contributed by atoms with van der Waals surface area (Å²) in [6, 6.07) is 1.59. The first-order valence-electron chi connectivity index (χ1n) is 22.4. The fourth-order valence-electron chi connectivity index (χ4n) is 8.63. The lowest BCUT2D eigenvalue weighted by atomic mass is 9.85. The van der Waals surface area contributed by atoms with Gasteiger partial charge in [0.2, 0.25) is 34.1 Å². The molecule has 4 N–H and O–H groups in total. The topological polar surface area (TPSA) is 219 Å². The number of aromatic nitrogens is 2. The second kappa shape index (κ2) is 19.2. The number of nitrogens with zero attached hydrogens (tertiary/aromatic N) is 4. The van der Waals surface area contributed by atoms with Gasteiger partial charge in [-0.1, -0.05) is 34.1 Å². The van der Waals surface area contributed by atoms with Crippen molar-refractivity contribution in [3.05, 3.63) is 23.9 Å². The normalized spacial score (nSPS) is 29.4. The molecule has 2 aromatic rings. The minimum absolute atomic E-state index is 0.0516. The molecule has 3 heterocycles. The predicted molar refractivity (Wildman–Crippen MR) is 232 cm³/mol. The maximum absolute atomic E-state index is 16.3. The Labute approximate surface area is 382 Å². The van der Waals surface area contributed by atoms with Gasteiger partial charge in [0.05, 0.1) is 42.0 Å². The van der Waals surface area contributed by atoms with Gasteiger partial charge in [-0.05, 0) is 89.4 Å².